The maximum Gasteiger partial charge on any atom is 0.419 e. The first-order valence-electron chi connectivity index (χ1n) is 4.63. The number of alkyl halides is 3. The number of hydrogen-bond acceptors (Lipinski definition) is 2. The number of halogens is 4. The van der Waals surface area contributed by atoms with Gasteiger partial charge in [0.15, 0.2) is 5.82 Å². The van der Waals surface area contributed by atoms with Gasteiger partial charge in [-0.25, -0.2) is 9.67 Å². The second kappa shape index (κ2) is 4.14. The molecule has 2 aromatic heterocycles. The third-order valence-electron chi connectivity index (χ3n) is 2.19. The van der Waals surface area contributed by atoms with Crippen LogP contribution in [-0.2, 0) is 6.18 Å². The average molecular weight is 306 g/mol. The van der Waals surface area contributed by atoms with Crippen molar-refractivity contribution in [2.24, 2.45) is 0 Å². The fourth-order valence-corrected chi connectivity index (χ4v) is 1.69. The van der Waals surface area contributed by atoms with Crippen LogP contribution in [0.5, 0.6) is 0 Å². The highest BCUT2D eigenvalue weighted by Crippen LogP contribution is 2.30. The van der Waals surface area contributed by atoms with Crippen LogP contribution in [0.25, 0.3) is 5.82 Å². The highest BCUT2D eigenvalue weighted by atomic mass is 79.9. The number of rotatable bonds is 1. The number of hydrogen-bond donors (Lipinski definition) is 0. The predicted octanol–water partition coefficient (Wildman–Crippen LogP) is 3.36. The summed E-state index contributed by atoms with van der Waals surface area (Å²) in [4.78, 5) is 3.99. The molecule has 0 N–H and O–H groups in total. The molecule has 0 fully saturated rings. The van der Waals surface area contributed by atoms with Gasteiger partial charge in [0.05, 0.1) is 16.2 Å². The minimum Gasteiger partial charge on any atom is -0.236 e. The lowest BCUT2D eigenvalue weighted by Crippen LogP contribution is -2.04. The highest BCUT2D eigenvalue weighted by molar-refractivity contribution is 9.10. The minimum atomic E-state index is -4.39. The zero-order valence-electron chi connectivity index (χ0n) is 8.66. The van der Waals surface area contributed by atoms with Crippen LogP contribution in [0.15, 0.2) is 29.1 Å². The summed E-state index contributed by atoms with van der Waals surface area (Å²) < 4.78 is 39.0. The highest BCUT2D eigenvalue weighted by Gasteiger charge is 2.32. The summed E-state index contributed by atoms with van der Waals surface area (Å²) in [5, 5.41) is 3.66. The van der Waals surface area contributed by atoms with Gasteiger partial charge in [0.2, 0.25) is 0 Å². The first kappa shape index (κ1) is 12.1. The largest absolute Gasteiger partial charge is 0.419 e. The molecule has 0 bridgehead atoms. The van der Waals surface area contributed by atoms with Gasteiger partial charge in [0.1, 0.15) is 0 Å². The maximum atomic E-state index is 12.4. The Morgan fingerprint density at radius 2 is 2.06 bits per heavy atom. The molecule has 2 rings (SSSR count). The molecule has 17 heavy (non-hydrogen) atoms. The monoisotopic (exact) mass is 305 g/mol. The van der Waals surface area contributed by atoms with Crippen LogP contribution in [0, 0.1) is 6.92 Å². The smallest absolute Gasteiger partial charge is 0.236 e. The molecule has 7 heteroatoms. The van der Waals surface area contributed by atoms with Gasteiger partial charge >= 0.3 is 6.18 Å². The van der Waals surface area contributed by atoms with Gasteiger partial charge in [-0.3, -0.25) is 0 Å². The molecule has 0 radical (unpaired) electrons. The van der Waals surface area contributed by atoms with Gasteiger partial charge < -0.3 is 0 Å². The topological polar surface area (TPSA) is 30.7 Å². The van der Waals surface area contributed by atoms with E-state index in [-0.39, 0.29) is 0 Å². The summed E-state index contributed by atoms with van der Waals surface area (Å²) in [6.07, 6.45) is -1.19. The first-order chi connectivity index (χ1) is 7.89. The van der Waals surface area contributed by atoms with E-state index in [1.807, 2.05) is 6.92 Å². The molecule has 2 heterocycles. The van der Waals surface area contributed by atoms with E-state index in [1.54, 1.807) is 6.07 Å². The molecule has 2 aromatic rings. The van der Waals surface area contributed by atoms with E-state index in [2.05, 4.69) is 26.0 Å². The van der Waals surface area contributed by atoms with Crippen molar-refractivity contribution in [1.29, 1.82) is 0 Å². The van der Waals surface area contributed by atoms with E-state index in [4.69, 9.17) is 0 Å². The van der Waals surface area contributed by atoms with Crippen molar-refractivity contribution < 1.29 is 13.2 Å². The van der Waals surface area contributed by atoms with Crippen LogP contribution in [0.2, 0.25) is 0 Å². The number of aryl methyl sites for hydroxylation is 1. The normalized spacial score (nSPS) is 11.8. The van der Waals surface area contributed by atoms with Gasteiger partial charge in [0, 0.05) is 12.4 Å². The van der Waals surface area contributed by atoms with Crippen molar-refractivity contribution >= 4 is 15.9 Å². The van der Waals surface area contributed by atoms with E-state index in [1.165, 1.54) is 6.20 Å². The van der Waals surface area contributed by atoms with E-state index in [9.17, 15) is 13.2 Å². The van der Waals surface area contributed by atoms with Crippen LogP contribution in [0.3, 0.4) is 0 Å². The number of aromatic nitrogens is 3. The lowest BCUT2D eigenvalue weighted by molar-refractivity contribution is -0.137. The van der Waals surface area contributed by atoms with E-state index >= 15 is 0 Å². The molecule has 0 aliphatic rings. The Morgan fingerprint density at radius 1 is 1.35 bits per heavy atom. The van der Waals surface area contributed by atoms with Crippen molar-refractivity contribution in [1.82, 2.24) is 14.8 Å². The van der Waals surface area contributed by atoms with Gasteiger partial charge in [-0.15, -0.1) is 0 Å². The lowest BCUT2D eigenvalue weighted by atomic mass is 10.3. The molecule has 0 saturated carbocycles. The molecular formula is C10H7BrF3N3. The van der Waals surface area contributed by atoms with Crippen molar-refractivity contribution in [3.05, 3.63) is 40.3 Å². The summed E-state index contributed by atoms with van der Waals surface area (Å²) >= 11 is 3.27. The zero-order chi connectivity index (χ0) is 12.6. The summed E-state index contributed by atoms with van der Waals surface area (Å²) in [7, 11) is 0. The Kier molecular flexibility index (Phi) is 2.94. The minimum absolute atomic E-state index is 0.334. The molecule has 0 atom stereocenters. The van der Waals surface area contributed by atoms with Crippen LogP contribution in [-0.4, -0.2) is 14.8 Å². The molecule has 3 nitrogen and oxygen atoms in total. The Hall–Kier alpha value is -1.37. The summed E-state index contributed by atoms with van der Waals surface area (Å²) in [6, 6.07) is 1.75. The number of pyridine rings is 1. The van der Waals surface area contributed by atoms with Crippen molar-refractivity contribution in [2.75, 3.05) is 0 Å². The fourth-order valence-electron chi connectivity index (χ4n) is 1.27. The SMILES string of the molecule is Cc1ccnc(-n2cc(C(F)(F)F)cn2)c1Br. The Morgan fingerprint density at radius 3 is 2.65 bits per heavy atom. The standard InChI is InChI=1S/C10H7BrF3N3/c1-6-2-3-15-9(8(6)11)17-5-7(4-16-17)10(12,13)14/h2-5H,1H3. The maximum absolute atomic E-state index is 12.4. The van der Waals surface area contributed by atoms with Crippen molar-refractivity contribution in [3.8, 4) is 5.82 Å². The quantitative estimate of drug-likeness (QED) is 0.809. The fraction of sp³-hybridized carbons (Fsp3) is 0.200. The van der Waals surface area contributed by atoms with Gasteiger partial charge in [-0.05, 0) is 34.5 Å². The molecule has 0 unspecified atom stereocenters. The molecule has 0 aromatic carbocycles. The second-order valence-corrected chi connectivity index (χ2v) is 4.23. The average Bonchev–Trinajstić information content (AvgIpc) is 2.70. The van der Waals surface area contributed by atoms with Crippen molar-refractivity contribution in [2.45, 2.75) is 13.1 Å². The summed E-state index contributed by atoms with van der Waals surface area (Å²) in [6.45, 7) is 1.82. The molecular weight excluding hydrogens is 299 g/mol. The summed E-state index contributed by atoms with van der Waals surface area (Å²) in [5.74, 6) is 0.334. The van der Waals surface area contributed by atoms with Crippen LogP contribution < -0.4 is 0 Å². The molecule has 90 valence electrons. The second-order valence-electron chi connectivity index (χ2n) is 3.44. The van der Waals surface area contributed by atoms with Crippen LogP contribution >= 0.6 is 15.9 Å². The molecule has 0 aliphatic heterocycles. The van der Waals surface area contributed by atoms with E-state index in [0.717, 1.165) is 22.6 Å². The number of nitrogens with zero attached hydrogens (tertiary/aromatic N) is 3. The zero-order valence-corrected chi connectivity index (χ0v) is 10.2. The first-order valence-corrected chi connectivity index (χ1v) is 5.42. The van der Waals surface area contributed by atoms with Gasteiger partial charge in [-0.2, -0.15) is 18.3 Å². The third-order valence-corrected chi connectivity index (χ3v) is 3.17. The summed E-state index contributed by atoms with van der Waals surface area (Å²) in [5.41, 5.74) is 0.0757. The molecule has 0 saturated heterocycles. The van der Waals surface area contributed by atoms with E-state index in [0.29, 0.717) is 10.3 Å². The van der Waals surface area contributed by atoms with Gasteiger partial charge in [-0.1, -0.05) is 0 Å². The Balaban J connectivity index is 2.48. The Labute approximate surface area is 103 Å². The third kappa shape index (κ3) is 2.33. The van der Waals surface area contributed by atoms with Crippen LogP contribution in [0.1, 0.15) is 11.1 Å². The molecule has 0 spiro atoms. The molecule has 0 amide bonds. The predicted molar refractivity (Wildman–Crippen MR) is 58.8 cm³/mol. The van der Waals surface area contributed by atoms with Crippen LogP contribution in [0.4, 0.5) is 13.2 Å². The Bertz CT molecular complexity index is 548. The molecule has 0 aliphatic carbocycles. The lowest BCUT2D eigenvalue weighted by Gasteiger charge is -2.05. The van der Waals surface area contributed by atoms with Gasteiger partial charge in [0.25, 0.3) is 0 Å². The van der Waals surface area contributed by atoms with Crippen molar-refractivity contribution in [3.63, 3.8) is 0 Å². The van der Waals surface area contributed by atoms with E-state index < -0.39 is 11.7 Å².